The summed E-state index contributed by atoms with van der Waals surface area (Å²) in [5.41, 5.74) is 2.25. The molecular formula is C18H18ClNO3. The van der Waals surface area contributed by atoms with Crippen LogP contribution in [0.4, 0.5) is 0 Å². The van der Waals surface area contributed by atoms with Gasteiger partial charge in [-0.15, -0.1) is 0 Å². The Kier molecular flexibility index (Phi) is 3.79. The summed E-state index contributed by atoms with van der Waals surface area (Å²) in [7, 11) is 0. The summed E-state index contributed by atoms with van der Waals surface area (Å²) >= 11 is 6.14. The first-order valence-electron chi connectivity index (χ1n) is 7.74. The molecule has 2 heterocycles. The van der Waals surface area contributed by atoms with E-state index in [1.165, 1.54) is 0 Å². The summed E-state index contributed by atoms with van der Waals surface area (Å²) in [6.45, 7) is 4.81. The second-order valence-electron chi connectivity index (χ2n) is 6.00. The van der Waals surface area contributed by atoms with Crippen molar-refractivity contribution in [2.75, 3.05) is 13.3 Å². The predicted molar refractivity (Wildman–Crippen MR) is 88.2 cm³/mol. The molecule has 2 aliphatic rings. The van der Waals surface area contributed by atoms with Crippen LogP contribution in [-0.4, -0.2) is 24.3 Å². The van der Waals surface area contributed by atoms with E-state index in [2.05, 4.69) is 17.9 Å². The van der Waals surface area contributed by atoms with Gasteiger partial charge in [0.2, 0.25) is 6.79 Å². The second-order valence-corrected chi connectivity index (χ2v) is 6.44. The zero-order valence-electron chi connectivity index (χ0n) is 12.9. The van der Waals surface area contributed by atoms with E-state index in [0.717, 1.165) is 53.0 Å². The minimum Gasteiger partial charge on any atom is -0.489 e. The fraction of sp³-hybridized carbons (Fsp3) is 0.333. The van der Waals surface area contributed by atoms with Gasteiger partial charge >= 0.3 is 0 Å². The molecule has 0 amide bonds. The molecule has 4 nitrogen and oxygen atoms in total. The molecule has 0 aromatic heterocycles. The number of ether oxygens (including phenoxy) is 3. The van der Waals surface area contributed by atoms with Gasteiger partial charge in [0.15, 0.2) is 11.5 Å². The fourth-order valence-electron chi connectivity index (χ4n) is 3.19. The van der Waals surface area contributed by atoms with Gasteiger partial charge in [-0.25, -0.2) is 0 Å². The Hall–Kier alpha value is -1.91. The number of halogens is 1. The topological polar surface area (TPSA) is 30.9 Å². The maximum absolute atomic E-state index is 6.14. The van der Waals surface area contributed by atoms with Gasteiger partial charge in [-0.05, 0) is 31.2 Å². The van der Waals surface area contributed by atoms with Crippen molar-refractivity contribution in [3.05, 3.63) is 52.5 Å². The molecule has 0 radical (unpaired) electrons. The second kappa shape index (κ2) is 5.95. The van der Waals surface area contributed by atoms with Gasteiger partial charge in [0.25, 0.3) is 0 Å². The summed E-state index contributed by atoms with van der Waals surface area (Å²) in [6.07, 6.45) is 0.117. The van der Waals surface area contributed by atoms with Crippen molar-refractivity contribution in [2.24, 2.45) is 0 Å². The van der Waals surface area contributed by atoms with Crippen LogP contribution in [0.25, 0.3) is 0 Å². The highest BCUT2D eigenvalue weighted by Crippen LogP contribution is 2.37. The first-order chi connectivity index (χ1) is 11.2. The number of rotatable bonds is 2. The van der Waals surface area contributed by atoms with Gasteiger partial charge < -0.3 is 14.2 Å². The number of para-hydroxylation sites is 1. The van der Waals surface area contributed by atoms with E-state index in [4.69, 9.17) is 25.8 Å². The molecular weight excluding hydrogens is 314 g/mol. The number of hydrogen-bond donors (Lipinski definition) is 0. The lowest BCUT2D eigenvalue weighted by Gasteiger charge is -2.22. The molecule has 23 heavy (non-hydrogen) atoms. The van der Waals surface area contributed by atoms with Crippen molar-refractivity contribution in [2.45, 2.75) is 26.1 Å². The predicted octanol–water partition coefficient (Wildman–Crippen LogP) is 3.85. The van der Waals surface area contributed by atoms with Crippen molar-refractivity contribution < 1.29 is 14.2 Å². The number of hydrogen-bond acceptors (Lipinski definition) is 4. The smallest absolute Gasteiger partial charge is 0.231 e. The van der Waals surface area contributed by atoms with Gasteiger partial charge in [-0.1, -0.05) is 23.7 Å². The van der Waals surface area contributed by atoms with Gasteiger partial charge in [0, 0.05) is 35.8 Å². The first kappa shape index (κ1) is 14.7. The zero-order chi connectivity index (χ0) is 15.8. The molecule has 2 aliphatic heterocycles. The maximum Gasteiger partial charge on any atom is 0.231 e. The minimum absolute atomic E-state index is 0.117. The van der Waals surface area contributed by atoms with Crippen LogP contribution in [0.2, 0.25) is 5.02 Å². The Morgan fingerprint density at radius 2 is 2.09 bits per heavy atom. The van der Waals surface area contributed by atoms with Gasteiger partial charge in [-0.2, -0.15) is 0 Å². The Morgan fingerprint density at radius 1 is 1.17 bits per heavy atom. The normalized spacial score (nSPS) is 19.8. The molecule has 4 rings (SSSR count). The summed E-state index contributed by atoms with van der Waals surface area (Å²) in [5.74, 6) is 2.60. The fourth-order valence-corrected chi connectivity index (χ4v) is 3.38. The maximum atomic E-state index is 6.14. The molecule has 2 aromatic carbocycles. The highest BCUT2D eigenvalue weighted by molar-refractivity contribution is 6.30. The Labute approximate surface area is 140 Å². The molecule has 1 atom stereocenters. The Bertz CT molecular complexity index is 734. The van der Waals surface area contributed by atoms with E-state index in [1.807, 2.05) is 30.3 Å². The number of benzene rings is 2. The molecule has 5 heteroatoms. The van der Waals surface area contributed by atoms with Crippen LogP contribution in [-0.2, 0) is 13.1 Å². The van der Waals surface area contributed by atoms with Crippen molar-refractivity contribution in [1.29, 1.82) is 0 Å². The van der Waals surface area contributed by atoms with Gasteiger partial charge in [-0.3, -0.25) is 4.90 Å². The molecule has 0 aliphatic carbocycles. The van der Waals surface area contributed by atoms with Gasteiger partial charge in [0.1, 0.15) is 11.9 Å². The highest BCUT2D eigenvalue weighted by atomic mass is 35.5. The van der Waals surface area contributed by atoms with E-state index in [-0.39, 0.29) is 6.10 Å². The third-order valence-corrected chi connectivity index (χ3v) is 4.37. The van der Waals surface area contributed by atoms with Crippen LogP contribution in [0.3, 0.4) is 0 Å². The summed E-state index contributed by atoms with van der Waals surface area (Å²) < 4.78 is 17.1. The molecule has 0 bridgehead atoms. The monoisotopic (exact) mass is 331 g/mol. The lowest BCUT2D eigenvalue weighted by Crippen LogP contribution is -2.30. The standard InChI is InChI=1S/C18H18ClNO3/c1-12-8-20(10-14-7-15(19)5-6-16(14)23-12)9-13-3-2-4-17-18(13)22-11-21-17/h2-7,12H,8-11H2,1H3. The number of nitrogens with zero attached hydrogens (tertiary/aromatic N) is 1. The summed E-state index contributed by atoms with van der Waals surface area (Å²) in [4.78, 5) is 2.35. The van der Waals surface area contributed by atoms with Crippen molar-refractivity contribution in [3.8, 4) is 17.2 Å². The van der Waals surface area contributed by atoms with Crippen LogP contribution < -0.4 is 14.2 Å². The molecule has 2 aromatic rings. The van der Waals surface area contributed by atoms with Crippen LogP contribution in [0.1, 0.15) is 18.1 Å². The molecule has 0 saturated carbocycles. The van der Waals surface area contributed by atoms with Crippen molar-refractivity contribution in [1.82, 2.24) is 4.90 Å². The minimum atomic E-state index is 0.117. The molecule has 1 unspecified atom stereocenters. The quantitative estimate of drug-likeness (QED) is 0.836. The van der Waals surface area contributed by atoms with Gasteiger partial charge in [0.05, 0.1) is 0 Å². The Morgan fingerprint density at radius 3 is 3.00 bits per heavy atom. The molecule has 0 N–H and O–H groups in total. The van der Waals surface area contributed by atoms with E-state index in [1.54, 1.807) is 0 Å². The largest absolute Gasteiger partial charge is 0.489 e. The van der Waals surface area contributed by atoms with E-state index < -0.39 is 0 Å². The summed E-state index contributed by atoms with van der Waals surface area (Å²) in [5, 5.41) is 0.735. The van der Waals surface area contributed by atoms with E-state index >= 15 is 0 Å². The van der Waals surface area contributed by atoms with Crippen LogP contribution in [0, 0.1) is 0 Å². The highest BCUT2D eigenvalue weighted by Gasteiger charge is 2.23. The average molecular weight is 332 g/mol. The van der Waals surface area contributed by atoms with E-state index in [9.17, 15) is 0 Å². The van der Waals surface area contributed by atoms with Crippen LogP contribution in [0.15, 0.2) is 36.4 Å². The van der Waals surface area contributed by atoms with Crippen LogP contribution in [0.5, 0.6) is 17.2 Å². The van der Waals surface area contributed by atoms with Crippen molar-refractivity contribution >= 4 is 11.6 Å². The third kappa shape index (κ3) is 2.96. The average Bonchev–Trinajstić information content (AvgIpc) is 2.93. The molecule has 0 fully saturated rings. The molecule has 0 saturated heterocycles. The first-order valence-corrected chi connectivity index (χ1v) is 8.12. The molecule has 0 spiro atoms. The molecule has 120 valence electrons. The lowest BCUT2D eigenvalue weighted by molar-refractivity contribution is 0.152. The van der Waals surface area contributed by atoms with Crippen molar-refractivity contribution in [3.63, 3.8) is 0 Å². The van der Waals surface area contributed by atoms with Crippen LogP contribution >= 0.6 is 11.6 Å². The Balaban J connectivity index is 1.61. The third-order valence-electron chi connectivity index (χ3n) is 4.13. The summed E-state index contributed by atoms with van der Waals surface area (Å²) in [6, 6.07) is 11.8. The van der Waals surface area contributed by atoms with E-state index in [0.29, 0.717) is 6.79 Å². The zero-order valence-corrected chi connectivity index (χ0v) is 13.7. The lowest BCUT2D eigenvalue weighted by atomic mass is 10.1. The SMILES string of the molecule is CC1CN(Cc2cccc3c2OCO3)Cc2cc(Cl)ccc2O1. The number of fused-ring (bicyclic) bond motifs is 2.